The SMILES string of the molecule is COc1ccc2c(c1S(=O)(=O)NC(=O)c1ccc3c(-c4ccccn4)cccc3n1)OCC21CCOCC1. The Kier molecular flexibility index (Phi) is 6.00. The maximum atomic E-state index is 13.6. The van der Waals surface area contributed by atoms with Crippen LogP contribution in [0.15, 0.2) is 71.8 Å². The largest absolute Gasteiger partial charge is 0.495 e. The molecule has 10 heteroatoms. The van der Waals surface area contributed by atoms with E-state index < -0.39 is 15.9 Å². The molecule has 0 atom stereocenters. The summed E-state index contributed by atoms with van der Waals surface area (Å²) in [5, 5.41) is 0.795. The van der Waals surface area contributed by atoms with Crippen LogP contribution in [0.25, 0.3) is 22.2 Å². The molecule has 2 aliphatic heterocycles. The Morgan fingerprint density at radius 3 is 2.63 bits per heavy atom. The number of pyridine rings is 2. The summed E-state index contributed by atoms with van der Waals surface area (Å²) in [5.41, 5.74) is 2.61. The number of sulfonamides is 1. The van der Waals surface area contributed by atoms with Gasteiger partial charge in [0.05, 0.1) is 24.9 Å². The van der Waals surface area contributed by atoms with Gasteiger partial charge in [-0.3, -0.25) is 9.78 Å². The second-order valence-electron chi connectivity index (χ2n) is 9.37. The topological polar surface area (TPSA) is 117 Å². The first-order valence-corrected chi connectivity index (χ1v) is 13.7. The molecule has 0 unspecified atom stereocenters. The van der Waals surface area contributed by atoms with E-state index >= 15 is 0 Å². The zero-order valence-corrected chi connectivity index (χ0v) is 21.5. The minimum atomic E-state index is -4.37. The van der Waals surface area contributed by atoms with Crippen molar-refractivity contribution in [1.29, 1.82) is 0 Å². The van der Waals surface area contributed by atoms with Crippen molar-refractivity contribution in [1.82, 2.24) is 14.7 Å². The number of aromatic nitrogens is 2. The fourth-order valence-corrected chi connectivity index (χ4v) is 6.52. The van der Waals surface area contributed by atoms with E-state index in [0.717, 1.165) is 35.0 Å². The molecule has 2 aromatic carbocycles. The van der Waals surface area contributed by atoms with Crippen molar-refractivity contribution in [2.45, 2.75) is 23.2 Å². The minimum absolute atomic E-state index is 0.0346. The first-order valence-electron chi connectivity index (χ1n) is 12.2. The predicted octanol–water partition coefficient (Wildman–Crippen LogP) is 3.86. The highest BCUT2D eigenvalue weighted by Gasteiger charge is 2.45. The molecule has 1 spiro atoms. The van der Waals surface area contributed by atoms with Crippen LogP contribution in [-0.4, -0.2) is 51.2 Å². The van der Waals surface area contributed by atoms with Crippen LogP contribution in [0.5, 0.6) is 11.5 Å². The van der Waals surface area contributed by atoms with Gasteiger partial charge in [0, 0.05) is 41.3 Å². The second-order valence-corrected chi connectivity index (χ2v) is 11.0. The molecule has 2 aliphatic rings. The third kappa shape index (κ3) is 4.06. The van der Waals surface area contributed by atoms with Crippen molar-refractivity contribution in [3.63, 3.8) is 0 Å². The fraction of sp³-hybridized carbons (Fsp3) is 0.250. The molecule has 1 saturated heterocycles. The van der Waals surface area contributed by atoms with Crippen molar-refractivity contribution in [2.24, 2.45) is 0 Å². The second kappa shape index (κ2) is 9.38. The van der Waals surface area contributed by atoms with E-state index in [9.17, 15) is 13.2 Å². The summed E-state index contributed by atoms with van der Waals surface area (Å²) in [4.78, 5) is 21.8. The minimum Gasteiger partial charge on any atom is -0.495 e. The number of ether oxygens (including phenoxy) is 3. The Morgan fingerprint density at radius 1 is 1.03 bits per heavy atom. The number of nitrogens with zero attached hydrogens (tertiary/aromatic N) is 2. The van der Waals surface area contributed by atoms with Crippen LogP contribution in [-0.2, 0) is 20.2 Å². The molecule has 2 aromatic heterocycles. The molecule has 0 bridgehead atoms. The summed E-state index contributed by atoms with van der Waals surface area (Å²) in [7, 11) is -2.99. The van der Waals surface area contributed by atoms with Crippen molar-refractivity contribution < 1.29 is 27.4 Å². The quantitative estimate of drug-likeness (QED) is 0.413. The average molecular weight is 532 g/mol. The number of fused-ring (bicyclic) bond motifs is 3. The molecule has 0 saturated carbocycles. The van der Waals surface area contributed by atoms with Crippen LogP contribution < -0.4 is 14.2 Å². The van der Waals surface area contributed by atoms with Gasteiger partial charge in [0.2, 0.25) is 0 Å². The maximum absolute atomic E-state index is 13.6. The smallest absolute Gasteiger partial charge is 0.283 e. The first-order chi connectivity index (χ1) is 18.4. The van der Waals surface area contributed by atoms with Gasteiger partial charge in [-0.1, -0.05) is 24.3 Å². The zero-order chi connectivity index (χ0) is 26.3. The molecular weight excluding hydrogens is 506 g/mol. The lowest BCUT2D eigenvalue weighted by Gasteiger charge is -2.32. The van der Waals surface area contributed by atoms with Gasteiger partial charge in [0.15, 0.2) is 4.90 Å². The van der Waals surface area contributed by atoms with E-state index in [0.29, 0.717) is 25.3 Å². The van der Waals surface area contributed by atoms with Crippen LogP contribution in [0.4, 0.5) is 0 Å². The van der Waals surface area contributed by atoms with Gasteiger partial charge >= 0.3 is 0 Å². The van der Waals surface area contributed by atoms with Crippen LogP contribution in [0.1, 0.15) is 28.9 Å². The number of methoxy groups -OCH3 is 1. The van der Waals surface area contributed by atoms with Crippen molar-refractivity contribution in [3.05, 3.63) is 78.1 Å². The highest BCUT2D eigenvalue weighted by atomic mass is 32.2. The van der Waals surface area contributed by atoms with Crippen molar-refractivity contribution in [3.8, 4) is 22.8 Å². The number of carbonyl (C=O) groups excluding carboxylic acids is 1. The van der Waals surface area contributed by atoms with Crippen LogP contribution in [0.3, 0.4) is 0 Å². The molecule has 6 rings (SSSR count). The van der Waals surface area contributed by atoms with E-state index in [1.54, 1.807) is 24.4 Å². The molecular formula is C28H25N3O6S. The molecule has 0 aliphatic carbocycles. The van der Waals surface area contributed by atoms with Crippen LogP contribution in [0.2, 0.25) is 0 Å². The average Bonchev–Trinajstić information content (AvgIpc) is 3.29. The normalized spacial score (nSPS) is 16.1. The molecule has 194 valence electrons. The standard InChI is InChI=1S/C28H25N3O6S/c1-35-24-11-9-20-25(37-17-28(20)12-15-36-16-13-28)26(24)38(33,34)31-27(32)23-10-8-19-18(5-4-7-22(19)30-23)21-6-2-3-14-29-21/h2-11,14H,12-13,15-17H2,1H3,(H,31,32). The Labute approximate surface area is 219 Å². The monoisotopic (exact) mass is 531 g/mol. The molecule has 0 radical (unpaired) electrons. The molecule has 9 nitrogen and oxygen atoms in total. The number of hydrogen-bond acceptors (Lipinski definition) is 8. The summed E-state index contributed by atoms with van der Waals surface area (Å²) >= 11 is 0. The Bertz CT molecular complexity index is 1650. The number of hydrogen-bond donors (Lipinski definition) is 1. The number of nitrogens with one attached hydrogen (secondary N) is 1. The Balaban J connectivity index is 1.34. The summed E-state index contributed by atoms with van der Waals surface area (Å²) in [6, 6.07) is 17.8. The third-order valence-corrected chi connectivity index (χ3v) is 8.59. The lowest BCUT2D eigenvalue weighted by molar-refractivity contribution is 0.0419. The molecule has 4 aromatic rings. The van der Waals surface area contributed by atoms with Gasteiger partial charge in [-0.05, 0) is 49.2 Å². The lowest BCUT2D eigenvalue weighted by Crippen LogP contribution is -2.35. The van der Waals surface area contributed by atoms with Crippen LogP contribution in [0, 0.1) is 0 Å². The van der Waals surface area contributed by atoms with E-state index in [4.69, 9.17) is 14.2 Å². The van der Waals surface area contributed by atoms with E-state index in [2.05, 4.69) is 14.7 Å². The first kappa shape index (κ1) is 24.3. The molecule has 1 fully saturated rings. The lowest BCUT2D eigenvalue weighted by atomic mass is 9.76. The number of carbonyl (C=O) groups is 1. The molecule has 38 heavy (non-hydrogen) atoms. The van der Waals surface area contributed by atoms with E-state index in [1.807, 2.05) is 36.4 Å². The third-order valence-electron chi connectivity index (χ3n) is 7.21. The Hall–Kier alpha value is -4.02. The van der Waals surface area contributed by atoms with E-state index in [-0.39, 0.29) is 27.5 Å². The van der Waals surface area contributed by atoms with E-state index in [1.165, 1.54) is 13.2 Å². The van der Waals surface area contributed by atoms with Gasteiger partial charge < -0.3 is 14.2 Å². The van der Waals surface area contributed by atoms with Crippen LogP contribution >= 0.6 is 0 Å². The van der Waals surface area contributed by atoms with Gasteiger partial charge in [0.25, 0.3) is 15.9 Å². The molecule has 1 N–H and O–H groups in total. The summed E-state index contributed by atoms with van der Waals surface area (Å²) in [6.07, 6.45) is 3.15. The van der Waals surface area contributed by atoms with Gasteiger partial charge in [-0.2, -0.15) is 0 Å². The highest BCUT2D eigenvalue weighted by Crippen LogP contribution is 2.50. The predicted molar refractivity (Wildman–Crippen MR) is 140 cm³/mol. The maximum Gasteiger partial charge on any atom is 0.283 e. The summed E-state index contributed by atoms with van der Waals surface area (Å²) in [6.45, 7) is 1.49. The van der Waals surface area contributed by atoms with Gasteiger partial charge in [-0.25, -0.2) is 18.1 Å². The number of benzene rings is 2. The number of rotatable bonds is 5. The number of amides is 1. The highest BCUT2D eigenvalue weighted by molar-refractivity contribution is 7.90. The van der Waals surface area contributed by atoms with Gasteiger partial charge in [-0.15, -0.1) is 0 Å². The Morgan fingerprint density at radius 2 is 1.87 bits per heavy atom. The zero-order valence-electron chi connectivity index (χ0n) is 20.6. The fourth-order valence-electron chi connectivity index (χ4n) is 5.24. The van der Waals surface area contributed by atoms with Crippen molar-refractivity contribution in [2.75, 3.05) is 26.9 Å². The summed E-state index contributed by atoms with van der Waals surface area (Å²) < 4.78 is 46.2. The van der Waals surface area contributed by atoms with Gasteiger partial charge in [0.1, 0.15) is 17.2 Å². The summed E-state index contributed by atoms with van der Waals surface area (Å²) in [5.74, 6) is -0.536. The van der Waals surface area contributed by atoms with Crippen molar-refractivity contribution >= 4 is 26.8 Å². The molecule has 1 amide bonds. The molecule has 4 heterocycles.